The van der Waals surface area contributed by atoms with E-state index >= 15 is 0 Å². The smallest absolute Gasteiger partial charge is 0.164 e. The average molecular weight is 781 g/mol. The Labute approximate surface area is 353 Å². The van der Waals surface area contributed by atoms with Crippen LogP contribution in [-0.4, -0.2) is 26.6 Å². The summed E-state index contributed by atoms with van der Waals surface area (Å²) < 4.78 is 0. The molecule has 1 spiro atoms. The van der Waals surface area contributed by atoms with Crippen molar-refractivity contribution in [2.45, 2.75) is 11.6 Å². The molecule has 0 fully saturated rings. The van der Waals surface area contributed by atoms with Gasteiger partial charge < -0.3 is 5.32 Å². The molecule has 1 aromatic heterocycles. The van der Waals surface area contributed by atoms with Gasteiger partial charge in [-0.1, -0.05) is 194 Å². The highest BCUT2D eigenvalue weighted by Gasteiger charge is 2.51. The van der Waals surface area contributed by atoms with Crippen molar-refractivity contribution >= 4 is 11.7 Å². The summed E-state index contributed by atoms with van der Waals surface area (Å²) in [6, 6.07) is 72.3. The fraction of sp³-hybridized carbons (Fsp3) is 0.0364. The fourth-order valence-corrected chi connectivity index (χ4v) is 9.49. The van der Waals surface area contributed by atoms with Crippen LogP contribution in [0.5, 0.6) is 0 Å². The van der Waals surface area contributed by atoms with Crippen molar-refractivity contribution in [3.8, 4) is 56.4 Å². The molecule has 0 radical (unpaired) electrons. The van der Waals surface area contributed by atoms with Gasteiger partial charge in [-0.2, -0.15) is 0 Å². The van der Waals surface area contributed by atoms with Crippen LogP contribution < -0.4 is 5.32 Å². The van der Waals surface area contributed by atoms with Gasteiger partial charge in [0.1, 0.15) is 12.0 Å². The minimum atomic E-state index is -0.520. The second-order valence-corrected chi connectivity index (χ2v) is 15.6. The molecule has 2 heterocycles. The van der Waals surface area contributed by atoms with Crippen molar-refractivity contribution in [1.82, 2.24) is 20.3 Å². The molecular weight excluding hydrogens is 745 g/mol. The molecule has 0 saturated heterocycles. The van der Waals surface area contributed by atoms with Crippen LogP contribution in [-0.2, 0) is 5.41 Å². The molecule has 9 aromatic rings. The predicted octanol–water partition coefficient (Wildman–Crippen LogP) is 11.7. The van der Waals surface area contributed by atoms with Gasteiger partial charge >= 0.3 is 0 Å². The minimum Gasteiger partial charge on any atom is -0.344 e. The number of rotatable bonds is 6. The summed E-state index contributed by atoms with van der Waals surface area (Å²) in [7, 11) is 0. The van der Waals surface area contributed by atoms with Gasteiger partial charge in [-0.3, -0.25) is 0 Å². The van der Waals surface area contributed by atoms with Crippen LogP contribution in [0.4, 0.5) is 0 Å². The fourth-order valence-electron chi connectivity index (χ4n) is 9.49. The third-order valence-corrected chi connectivity index (χ3v) is 12.2. The third kappa shape index (κ3) is 5.60. The van der Waals surface area contributed by atoms with E-state index in [9.17, 15) is 0 Å². The monoisotopic (exact) mass is 780 g/mol. The highest BCUT2D eigenvalue weighted by atomic mass is 15.2. The van der Waals surface area contributed by atoms with Crippen LogP contribution in [0.2, 0.25) is 0 Å². The van der Waals surface area contributed by atoms with Crippen molar-refractivity contribution in [1.29, 1.82) is 0 Å². The Morgan fingerprint density at radius 1 is 0.361 bits per heavy atom. The molecule has 1 aliphatic heterocycles. The van der Waals surface area contributed by atoms with Crippen LogP contribution in [0.15, 0.2) is 216 Å². The van der Waals surface area contributed by atoms with Crippen LogP contribution in [0.1, 0.15) is 45.1 Å². The first kappa shape index (κ1) is 34.9. The number of hydrogen-bond donors (Lipinski definition) is 1. The zero-order valence-electron chi connectivity index (χ0n) is 32.9. The average Bonchev–Trinajstić information content (AvgIpc) is 3.81. The standard InChI is InChI=1S/C55H36N6/c1-5-17-35(18-6-1)49-56-50(36-19-7-2-8-20-36)59-53(58-49)39-29-31-47-43(33-39)44-34-40(30-32-48(44)55(47)45-27-15-13-25-41(45)42-26-14-16-28-46(42)55)54-60-51(37-21-9-3-10-22-37)57-52(61-54)38-23-11-4-12-24-38/h1-34,53H,(H,56,58,59). The molecule has 12 rings (SSSR count). The zero-order valence-corrected chi connectivity index (χ0v) is 32.9. The van der Waals surface area contributed by atoms with Crippen LogP contribution in [0.25, 0.3) is 56.4 Å². The maximum atomic E-state index is 5.27. The van der Waals surface area contributed by atoms with Crippen molar-refractivity contribution in [2.75, 3.05) is 0 Å². The molecular formula is C55H36N6. The molecule has 286 valence electrons. The van der Waals surface area contributed by atoms with Gasteiger partial charge in [0, 0.05) is 27.8 Å². The lowest BCUT2D eigenvalue weighted by Crippen LogP contribution is -2.33. The summed E-state index contributed by atoms with van der Waals surface area (Å²) in [5.74, 6) is 3.37. The van der Waals surface area contributed by atoms with E-state index in [4.69, 9.17) is 24.9 Å². The second kappa shape index (κ2) is 14.0. The van der Waals surface area contributed by atoms with Crippen molar-refractivity contribution in [2.24, 2.45) is 9.98 Å². The van der Waals surface area contributed by atoms with E-state index in [-0.39, 0.29) is 6.17 Å². The Morgan fingerprint density at radius 3 is 1.38 bits per heavy atom. The van der Waals surface area contributed by atoms with Crippen molar-refractivity contribution < 1.29 is 0 Å². The molecule has 1 atom stereocenters. The lowest BCUT2D eigenvalue weighted by molar-refractivity contribution is 0.673. The molecule has 3 aliphatic rings. The molecule has 61 heavy (non-hydrogen) atoms. The van der Waals surface area contributed by atoms with Gasteiger partial charge in [-0.25, -0.2) is 24.9 Å². The number of amidine groups is 2. The first-order chi connectivity index (χ1) is 30.2. The highest BCUT2D eigenvalue weighted by molar-refractivity contribution is 6.13. The van der Waals surface area contributed by atoms with Crippen LogP contribution in [0, 0.1) is 0 Å². The Morgan fingerprint density at radius 2 is 0.803 bits per heavy atom. The first-order valence-corrected chi connectivity index (χ1v) is 20.6. The zero-order chi connectivity index (χ0) is 40.3. The largest absolute Gasteiger partial charge is 0.344 e. The van der Waals surface area contributed by atoms with Gasteiger partial charge in [-0.15, -0.1) is 0 Å². The predicted molar refractivity (Wildman–Crippen MR) is 244 cm³/mol. The summed E-state index contributed by atoms with van der Waals surface area (Å²) in [5, 5.41) is 3.71. The summed E-state index contributed by atoms with van der Waals surface area (Å²) in [6.45, 7) is 0. The third-order valence-electron chi connectivity index (χ3n) is 12.2. The van der Waals surface area contributed by atoms with Gasteiger partial charge in [0.2, 0.25) is 0 Å². The SMILES string of the molecule is c1ccc(C2=NC(c3ccc4c(c3)-c3cc(-c5nc(-c6ccccc6)nc(-c6ccccc6)n5)ccc3C43c4ccccc4-c4ccccc43)NC(c3ccccc3)=N2)cc1. The summed E-state index contributed by atoms with van der Waals surface area (Å²) in [4.78, 5) is 25.6. The number of nitrogens with zero attached hydrogens (tertiary/aromatic N) is 5. The summed E-state index contributed by atoms with van der Waals surface area (Å²) in [5.41, 5.74) is 15.2. The number of fused-ring (bicyclic) bond motifs is 10. The quantitative estimate of drug-likeness (QED) is 0.182. The number of aliphatic imine (C=N–C) groups is 2. The van der Waals surface area contributed by atoms with Gasteiger partial charge in [0.05, 0.1) is 5.41 Å². The van der Waals surface area contributed by atoms with E-state index in [1.807, 2.05) is 97.1 Å². The molecule has 0 amide bonds. The Balaban J connectivity index is 1.07. The van der Waals surface area contributed by atoms with Crippen LogP contribution >= 0.6 is 0 Å². The van der Waals surface area contributed by atoms with E-state index < -0.39 is 5.41 Å². The van der Waals surface area contributed by atoms with Crippen molar-refractivity contribution in [3.05, 3.63) is 245 Å². The Hall–Kier alpha value is -8.09. The van der Waals surface area contributed by atoms with Crippen LogP contribution in [0.3, 0.4) is 0 Å². The normalized spacial score (nSPS) is 15.2. The maximum Gasteiger partial charge on any atom is 0.164 e. The van der Waals surface area contributed by atoms with Gasteiger partial charge in [0.25, 0.3) is 0 Å². The Bertz CT molecular complexity index is 3110. The molecule has 6 nitrogen and oxygen atoms in total. The number of nitrogens with one attached hydrogen (secondary N) is 1. The molecule has 1 N–H and O–H groups in total. The molecule has 1 unspecified atom stereocenters. The van der Waals surface area contributed by atoms with E-state index in [1.165, 1.54) is 33.4 Å². The maximum absolute atomic E-state index is 5.27. The summed E-state index contributed by atoms with van der Waals surface area (Å²) in [6.07, 6.45) is -0.384. The van der Waals surface area contributed by atoms with Gasteiger partial charge in [-0.05, 0) is 62.2 Å². The van der Waals surface area contributed by atoms with E-state index in [0.717, 1.165) is 50.3 Å². The second-order valence-electron chi connectivity index (χ2n) is 15.6. The molecule has 2 aliphatic carbocycles. The lowest BCUT2D eigenvalue weighted by Gasteiger charge is -2.31. The van der Waals surface area contributed by atoms with E-state index in [1.54, 1.807) is 0 Å². The van der Waals surface area contributed by atoms with Gasteiger partial charge in [0.15, 0.2) is 23.3 Å². The number of hydrogen-bond acceptors (Lipinski definition) is 6. The highest BCUT2D eigenvalue weighted by Crippen LogP contribution is 2.63. The first-order valence-electron chi connectivity index (χ1n) is 20.6. The topological polar surface area (TPSA) is 75.4 Å². The van der Waals surface area contributed by atoms with Crippen molar-refractivity contribution in [3.63, 3.8) is 0 Å². The molecule has 8 aromatic carbocycles. The summed E-state index contributed by atoms with van der Waals surface area (Å²) >= 11 is 0. The molecule has 0 bridgehead atoms. The molecule has 6 heteroatoms. The molecule has 0 saturated carbocycles. The van der Waals surface area contributed by atoms with E-state index in [0.29, 0.717) is 23.3 Å². The minimum absolute atomic E-state index is 0.384. The number of benzene rings is 8. The number of aromatic nitrogens is 3. The van der Waals surface area contributed by atoms with E-state index in [2.05, 4.69) is 115 Å². The lowest BCUT2D eigenvalue weighted by atomic mass is 9.70. The Kier molecular flexibility index (Phi) is 8.03.